The minimum atomic E-state index is -0.330. The lowest BCUT2D eigenvalue weighted by Gasteiger charge is -2.26. The summed E-state index contributed by atoms with van der Waals surface area (Å²) >= 11 is 5.92. The van der Waals surface area contributed by atoms with Gasteiger partial charge in [0, 0.05) is 5.02 Å². The summed E-state index contributed by atoms with van der Waals surface area (Å²) in [5, 5.41) is 10.9. The fraction of sp³-hybridized carbons (Fsp3) is 0.538. The van der Waals surface area contributed by atoms with Crippen LogP contribution >= 0.6 is 11.6 Å². The van der Waals surface area contributed by atoms with Gasteiger partial charge in [-0.2, -0.15) is 0 Å². The highest BCUT2D eigenvalue weighted by Gasteiger charge is 2.22. The second-order valence-electron chi connectivity index (χ2n) is 4.40. The zero-order valence-corrected chi connectivity index (χ0v) is 9.58. The molecule has 1 aliphatic rings. The van der Waals surface area contributed by atoms with Crippen molar-refractivity contribution in [2.75, 3.05) is 0 Å². The van der Waals surface area contributed by atoms with Crippen LogP contribution in [0, 0.1) is 5.92 Å². The lowest BCUT2D eigenvalue weighted by atomic mass is 9.83. The van der Waals surface area contributed by atoms with Crippen molar-refractivity contribution in [2.24, 2.45) is 5.92 Å². The van der Waals surface area contributed by atoms with Gasteiger partial charge in [0.1, 0.15) is 0 Å². The predicted octanol–water partition coefficient (Wildman–Crippen LogP) is 3.95. The van der Waals surface area contributed by atoms with E-state index in [0.717, 1.165) is 18.4 Å². The monoisotopic (exact) mass is 224 g/mol. The van der Waals surface area contributed by atoms with Crippen LogP contribution in [0.3, 0.4) is 0 Å². The quantitative estimate of drug-likeness (QED) is 0.807. The van der Waals surface area contributed by atoms with Crippen LogP contribution < -0.4 is 0 Å². The zero-order valence-electron chi connectivity index (χ0n) is 8.82. The molecule has 0 saturated heterocycles. The molecule has 0 spiro atoms. The van der Waals surface area contributed by atoms with Gasteiger partial charge in [0.15, 0.2) is 0 Å². The predicted molar refractivity (Wildman–Crippen MR) is 63.0 cm³/mol. The van der Waals surface area contributed by atoms with Gasteiger partial charge in [0.25, 0.3) is 0 Å². The summed E-state index contributed by atoms with van der Waals surface area (Å²) in [4.78, 5) is 0. The highest BCUT2D eigenvalue weighted by atomic mass is 35.5. The average molecular weight is 225 g/mol. The van der Waals surface area contributed by atoms with E-state index in [1.165, 1.54) is 19.3 Å². The SMILES string of the molecule is OC(c1cccc(Cl)c1)C1CCCCC1. The Bertz CT molecular complexity index is 318. The first kappa shape index (κ1) is 11.0. The highest BCUT2D eigenvalue weighted by Crippen LogP contribution is 2.34. The van der Waals surface area contributed by atoms with E-state index in [4.69, 9.17) is 11.6 Å². The molecule has 0 aromatic heterocycles. The molecule has 2 heteroatoms. The smallest absolute Gasteiger partial charge is 0.0818 e. The summed E-state index contributed by atoms with van der Waals surface area (Å²) < 4.78 is 0. The molecule has 1 nitrogen and oxygen atoms in total. The molecule has 1 N–H and O–H groups in total. The molecule has 2 rings (SSSR count). The summed E-state index contributed by atoms with van der Waals surface area (Å²) in [6.07, 6.45) is 5.79. The van der Waals surface area contributed by atoms with Gasteiger partial charge in [-0.1, -0.05) is 43.0 Å². The normalized spacial score (nSPS) is 20.1. The van der Waals surface area contributed by atoms with Crippen LogP contribution in [0.15, 0.2) is 24.3 Å². The van der Waals surface area contributed by atoms with Gasteiger partial charge >= 0.3 is 0 Å². The summed E-state index contributed by atoms with van der Waals surface area (Å²) in [6.45, 7) is 0. The van der Waals surface area contributed by atoms with Gasteiger partial charge in [0.05, 0.1) is 6.10 Å². The minimum absolute atomic E-state index is 0.330. The molecular weight excluding hydrogens is 208 g/mol. The summed E-state index contributed by atoms with van der Waals surface area (Å²) in [7, 11) is 0. The Morgan fingerprint density at radius 3 is 2.60 bits per heavy atom. The molecule has 0 heterocycles. The number of hydrogen-bond donors (Lipinski definition) is 1. The molecule has 1 saturated carbocycles. The number of aliphatic hydroxyl groups excluding tert-OH is 1. The third kappa shape index (κ3) is 2.73. The van der Waals surface area contributed by atoms with E-state index in [1.807, 2.05) is 24.3 Å². The molecular formula is C13H17ClO. The maximum absolute atomic E-state index is 10.2. The van der Waals surface area contributed by atoms with Crippen LogP contribution in [0.5, 0.6) is 0 Å². The number of aliphatic hydroxyl groups is 1. The average Bonchev–Trinajstić information content (AvgIpc) is 2.29. The van der Waals surface area contributed by atoms with Crippen molar-refractivity contribution < 1.29 is 5.11 Å². The van der Waals surface area contributed by atoms with Gasteiger partial charge in [-0.3, -0.25) is 0 Å². The Kier molecular flexibility index (Phi) is 3.66. The zero-order chi connectivity index (χ0) is 10.7. The molecule has 0 aliphatic heterocycles. The molecule has 1 aromatic carbocycles. The first-order chi connectivity index (χ1) is 7.27. The Hall–Kier alpha value is -0.530. The molecule has 1 aromatic rings. The van der Waals surface area contributed by atoms with Crippen molar-refractivity contribution in [1.82, 2.24) is 0 Å². The van der Waals surface area contributed by atoms with Crippen molar-refractivity contribution in [3.8, 4) is 0 Å². The van der Waals surface area contributed by atoms with Crippen LogP contribution in [-0.2, 0) is 0 Å². The maximum atomic E-state index is 10.2. The first-order valence-electron chi connectivity index (χ1n) is 5.71. The molecule has 0 amide bonds. The van der Waals surface area contributed by atoms with Gasteiger partial charge in [0.2, 0.25) is 0 Å². The lowest BCUT2D eigenvalue weighted by Crippen LogP contribution is -2.15. The third-order valence-electron chi connectivity index (χ3n) is 3.29. The van der Waals surface area contributed by atoms with E-state index in [2.05, 4.69) is 0 Å². The van der Waals surface area contributed by atoms with Crippen molar-refractivity contribution >= 4 is 11.6 Å². The van der Waals surface area contributed by atoms with Gasteiger partial charge in [-0.05, 0) is 36.5 Å². The minimum Gasteiger partial charge on any atom is -0.388 e. The van der Waals surface area contributed by atoms with Gasteiger partial charge in [-0.15, -0.1) is 0 Å². The molecule has 15 heavy (non-hydrogen) atoms. The van der Waals surface area contributed by atoms with Crippen LogP contribution in [0.25, 0.3) is 0 Å². The molecule has 1 atom stereocenters. The number of rotatable bonds is 2. The van der Waals surface area contributed by atoms with E-state index < -0.39 is 0 Å². The Balaban J connectivity index is 2.08. The van der Waals surface area contributed by atoms with Crippen LogP contribution in [0.2, 0.25) is 5.02 Å². The van der Waals surface area contributed by atoms with Crippen LogP contribution in [0.4, 0.5) is 0 Å². The maximum Gasteiger partial charge on any atom is 0.0818 e. The standard InChI is InChI=1S/C13H17ClO/c14-12-8-4-7-11(9-12)13(15)10-5-2-1-3-6-10/h4,7-10,13,15H,1-3,5-6H2. The largest absolute Gasteiger partial charge is 0.388 e. The van der Waals surface area contributed by atoms with E-state index in [1.54, 1.807) is 0 Å². The number of benzene rings is 1. The molecule has 1 unspecified atom stereocenters. The van der Waals surface area contributed by atoms with Gasteiger partial charge in [-0.25, -0.2) is 0 Å². The van der Waals surface area contributed by atoms with Crippen LogP contribution in [0.1, 0.15) is 43.8 Å². The number of halogens is 1. The van der Waals surface area contributed by atoms with E-state index in [9.17, 15) is 5.11 Å². The molecule has 1 fully saturated rings. The third-order valence-corrected chi connectivity index (χ3v) is 3.52. The second kappa shape index (κ2) is 5.00. The van der Waals surface area contributed by atoms with E-state index in [0.29, 0.717) is 10.9 Å². The van der Waals surface area contributed by atoms with Crippen molar-refractivity contribution in [1.29, 1.82) is 0 Å². The fourth-order valence-corrected chi connectivity index (χ4v) is 2.61. The van der Waals surface area contributed by atoms with E-state index in [-0.39, 0.29) is 6.10 Å². The summed E-state index contributed by atoms with van der Waals surface area (Å²) in [6, 6.07) is 7.59. The molecule has 82 valence electrons. The highest BCUT2D eigenvalue weighted by molar-refractivity contribution is 6.30. The van der Waals surface area contributed by atoms with Crippen molar-refractivity contribution in [2.45, 2.75) is 38.2 Å². The molecule has 0 radical (unpaired) electrons. The van der Waals surface area contributed by atoms with Crippen molar-refractivity contribution in [3.63, 3.8) is 0 Å². The Morgan fingerprint density at radius 1 is 1.20 bits per heavy atom. The Labute approximate surface area is 96.1 Å². The fourth-order valence-electron chi connectivity index (χ4n) is 2.41. The van der Waals surface area contributed by atoms with Crippen LogP contribution in [-0.4, -0.2) is 5.11 Å². The van der Waals surface area contributed by atoms with Crippen molar-refractivity contribution in [3.05, 3.63) is 34.9 Å². The van der Waals surface area contributed by atoms with Gasteiger partial charge < -0.3 is 5.11 Å². The number of hydrogen-bond acceptors (Lipinski definition) is 1. The molecule has 0 bridgehead atoms. The summed E-state index contributed by atoms with van der Waals surface area (Å²) in [5.41, 5.74) is 0.967. The van der Waals surface area contributed by atoms with E-state index >= 15 is 0 Å². The molecule has 1 aliphatic carbocycles. The first-order valence-corrected chi connectivity index (χ1v) is 6.09. The topological polar surface area (TPSA) is 20.2 Å². The Morgan fingerprint density at radius 2 is 1.93 bits per heavy atom. The summed E-state index contributed by atoms with van der Waals surface area (Å²) in [5.74, 6) is 0.428. The second-order valence-corrected chi connectivity index (χ2v) is 4.83. The lowest BCUT2D eigenvalue weighted by molar-refractivity contribution is 0.0848.